The van der Waals surface area contributed by atoms with E-state index in [-0.39, 0.29) is 11.9 Å². The van der Waals surface area contributed by atoms with Gasteiger partial charge in [-0.1, -0.05) is 11.6 Å². The molecule has 2 rings (SSSR count). The van der Waals surface area contributed by atoms with Crippen molar-refractivity contribution in [3.8, 4) is 6.01 Å². The molecule has 0 aliphatic rings. The van der Waals surface area contributed by atoms with E-state index in [1.54, 1.807) is 38.1 Å². The molecule has 2 aromatic rings. The topological polar surface area (TPSA) is 64.1 Å². The van der Waals surface area contributed by atoms with Crippen LogP contribution in [0.15, 0.2) is 24.3 Å². The molecule has 0 unspecified atom stereocenters. The summed E-state index contributed by atoms with van der Waals surface area (Å²) in [7, 11) is 1.50. The van der Waals surface area contributed by atoms with Crippen LogP contribution < -0.4 is 10.1 Å². The lowest BCUT2D eigenvalue weighted by Crippen LogP contribution is -2.15. The number of amides is 1. The maximum absolute atomic E-state index is 12.1. The van der Waals surface area contributed by atoms with Gasteiger partial charge in [-0.3, -0.25) is 4.79 Å². The number of anilines is 1. The third-order valence-electron chi connectivity index (χ3n) is 2.78. The van der Waals surface area contributed by atoms with Crippen LogP contribution in [0.4, 0.5) is 5.69 Å². The van der Waals surface area contributed by atoms with Crippen molar-refractivity contribution >= 4 is 23.2 Å². The van der Waals surface area contributed by atoms with E-state index in [0.717, 1.165) is 0 Å². The molecule has 1 amide bonds. The summed E-state index contributed by atoms with van der Waals surface area (Å²) in [4.78, 5) is 20.4. The highest BCUT2D eigenvalue weighted by Gasteiger charge is 2.13. The molecule has 0 aliphatic carbocycles. The number of rotatable bonds is 3. The number of methoxy groups -OCH3 is 1. The van der Waals surface area contributed by atoms with E-state index < -0.39 is 0 Å². The summed E-state index contributed by atoms with van der Waals surface area (Å²) in [6.07, 6.45) is 0. The molecule has 0 fully saturated rings. The SMILES string of the molecule is COc1nc(C)c(NC(=O)c2ccc(Cl)cc2)c(C)n1. The molecular formula is C14H14ClN3O2. The molecule has 0 radical (unpaired) electrons. The molecule has 1 N–H and O–H groups in total. The van der Waals surface area contributed by atoms with Crippen molar-refractivity contribution in [2.24, 2.45) is 0 Å². The van der Waals surface area contributed by atoms with Crippen LogP contribution in [0.5, 0.6) is 6.01 Å². The van der Waals surface area contributed by atoms with E-state index in [4.69, 9.17) is 16.3 Å². The van der Waals surface area contributed by atoms with Gasteiger partial charge in [-0.25, -0.2) is 0 Å². The number of carbonyl (C=O) groups is 1. The van der Waals surface area contributed by atoms with Crippen molar-refractivity contribution in [1.29, 1.82) is 0 Å². The van der Waals surface area contributed by atoms with E-state index in [1.165, 1.54) is 7.11 Å². The average molecular weight is 292 g/mol. The minimum Gasteiger partial charge on any atom is -0.467 e. The molecule has 0 atom stereocenters. The molecule has 1 aromatic heterocycles. The molecule has 0 spiro atoms. The van der Waals surface area contributed by atoms with Crippen molar-refractivity contribution in [1.82, 2.24) is 9.97 Å². The molecule has 1 heterocycles. The zero-order valence-corrected chi connectivity index (χ0v) is 12.2. The largest absolute Gasteiger partial charge is 0.467 e. The lowest BCUT2D eigenvalue weighted by atomic mass is 10.2. The van der Waals surface area contributed by atoms with Gasteiger partial charge in [-0.05, 0) is 38.1 Å². The van der Waals surface area contributed by atoms with Crippen LogP contribution in [-0.4, -0.2) is 23.0 Å². The van der Waals surface area contributed by atoms with Gasteiger partial charge in [0, 0.05) is 10.6 Å². The lowest BCUT2D eigenvalue weighted by molar-refractivity contribution is 0.102. The van der Waals surface area contributed by atoms with Crippen molar-refractivity contribution < 1.29 is 9.53 Å². The molecule has 0 saturated heterocycles. The van der Waals surface area contributed by atoms with E-state index in [9.17, 15) is 4.79 Å². The minimum absolute atomic E-state index is 0.235. The third-order valence-corrected chi connectivity index (χ3v) is 3.03. The van der Waals surface area contributed by atoms with Crippen LogP contribution in [0, 0.1) is 13.8 Å². The number of benzene rings is 1. The normalized spacial score (nSPS) is 10.2. The Balaban J connectivity index is 2.26. The second-order valence-electron chi connectivity index (χ2n) is 4.22. The first kappa shape index (κ1) is 14.3. The Labute approximate surface area is 122 Å². The lowest BCUT2D eigenvalue weighted by Gasteiger charge is -2.11. The Morgan fingerprint density at radius 3 is 2.20 bits per heavy atom. The second-order valence-corrected chi connectivity index (χ2v) is 4.65. The molecule has 0 saturated carbocycles. The number of hydrogen-bond acceptors (Lipinski definition) is 4. The van der Waals surface area contributed by atoms with E-state index in [2.05, 4.69) is 15.3 Å². The molecule has 104 valence electrons. The molecule has 0 bridgehead atoms. The van der Waals surface area contributed by atoms with Gasteiger partial charge in [0.1, 0.15) is 0 Å². The first-order valence-corrected chi connectivity index (χ1v) is 6.35. The van der Waals surface area contributed by atoms with Gasteiger partial charge >= 0.3 is 6.01 Å². The van der Waals surface area contributed by atoms with Crippen LogP contribution in [0.2, 0.25) is 5.02 Å². The summed E-state index contributed by atoms with van der Waals surface area (Å²) in [5.41, 5.74) is 2.41. The fourth-order valence-corrected chi connectivity index (χ4v) is 1.87. The van der Waals surface area contributed by atoms with E-state index in [1.807, 2.05) is 0 Å². The summed E-state index contributed by atoms with van der Waals surface area (Å²) in [5.74, 6) is -0.235. The summed E-state index contributed by atoms with van der Waals surface area (Å²) in [6, 6.07) is 6.94. The Hall–Kier alpha value is -2.14. The zero-order valence-electron chi connectivity index (χ0n) is 11.4. The smallest absolute Gasteiger partial charge is 0.316 e. The number of halogens is 1. The molecule has 20 heavy (non-hydrogen) atoms. The first-order chi connectivity index (χ1) is 9.51. The zero-order chi connectivity index (χ0) is 14.7. The van der Waals surface area contributed by atoms with Crippen LogP contribution in [0.3, 0.4) is 0 Å². The van der Waals surface area contributed by atoms with Crippen LogP contribution >= 0.6 is 11.6 Å². The standard InChI is InChI=1S/C14H14ClN3O2/c1-8-12(9(2)17-14(16-8)20-3)18-13(19)10-4-6-11(15)7-5-10/h4-7H,1-3H3,(H,18,19). The van der Waals surface area contributed by atoms with Crippen molar-refractivity contribution in [2.45, 2.75) is 13.8 Å². The summed E-state index contributed by atoms with van der Waals surface area (Å²) < 4.78 is 4.98. The highest BCUT2D eigenvalue weighted by Crippen LogP contribution is 2.20. The van der Waals surface area contributed by atoms with Crippen LogP contribution in [-0.2, 0) is 0 Å². The van der Waals surface area contributed by atoms with Crippen molar-refractivity contribution in [2.75, 3.05) is 12.4 Å². The highest BCUT2D eigenvalue weighted by atomic mass is 35.5. The second kappa shape index (κ2) is 5.88. The summed E-state index contributed by atoms with van der Waals surface area (Å²) in [6.45, 7) is 3.57. The van der Waals surface area contributed by atoms with Crippen molar-refractivity contribution in [3.05, 3.63) is 46.2 Å². The Morgan fingerprint density at radius 2 is 1.70 bits per heavy atom. The number of carbonyl (C=O) groups excluding carboxylic acids is 1. The number of hydrogen-bond donors (Lipinski definition) is 1. The Morgan fingerprint density at radius 1 is 1.15 bits per heavy atom. The maximum Gasteiger partial charge on any atom is 0.316 e. The molecule has 1 aromatic carbocycles. The fourth-order valence-electron chi connectivity index (χ4n) is 1.74. The fraction of sp³-hybridized carbons (Fsp3) is 0.214. The summed E-state index contributed by atoms with van der Waals surface area (Å²) in [5, 5.41) is 3.39. The number of ether oxygens (including phenoxy) is 1. The van der Waals surface area contributed by atoms with E-state index in [0.29, 0.717) is 27.7 Å². The van der Waals surface area contributed by atoms with Gasteiger partial charge in [0.25, 0.3) is 5.91 Å². The summed E-state index contributed by atoms with van der Waals surface area (Å²) >= 11 is 5.79. The number of aryl methyl sites for hydroxylation is 2. The number of nitrogens with zero attached hydrogens (tertiary/aromatic N) is 2. The Bertz CT molecular complexity index is 618. The quantitative estimate of drug-likeness (QED) is 0.944. The van der Waals surface area contributed by atoms with Crippen molar-refractivity contribution in [3.63, 3.8) is 0 Å². The van der Waals surface area contributed by atoms with Gasteiger partial charge in [-0.15, -0.1) is 0 Å². The van der Waals surface area contributed by atoms with E-state index >= 15 is 0 Å². The van der Waals surface area contributed by atoms with Gasteiger partial charge < -0.3 is 10.1 Å². The first-order valence-electron chi connectivity index (χ1n) is 5.97. The van der Waals surface area contributed by atoms with Gasteiger partial charge in [0.15, 0.2) is 0 Å². The Kier molecular flexibility index (Phi) is 4.20. The van der Waals surface area contributed by atoms with Crippen LogP contribution in [0.1, 0.15) is 21.7 Å². The highest BCUT2D eigenvalue weighted by molar-refractivity contribution is 6.30. The maximum atomic E-state index is 12.1. The molecule has 6 heteroatoms. The monoisotopic (exact) mass is 291 g/mol. The predicted octanol–water partition coefficient (Wildman–Crippen LogP) is 3.01. The number of nitrogens with one attached hydrogen (secondary N) is 1. The molecule has 5 nitrogen and oxygen atoms in total. The average Bonchev–Trinajstić information content (AvgIpc) is 2.43. The van der Waals surface area contributed by atoms with Crippen LogP contribution in [0.25, 0.3) is 0 Å². The predicted molar refractivity (Wildman–Crippen MR) is 77.5 cm³/mol. The molecule has 0 aliphatic heterocycles. The number of aromatic nitrogens is 2. The third kappa shape index (κ3) is 3.05. The molecular weight excluding hydrogens is 278 g/mol. The van der Waals surface area contributed by atoms with Gasteiger partial charge in [-0.2, -0.15) is 9.97 Å². The minimum atomic E-state index is -0.235. The van der Waals surface area contributed by atoms with Gasteiger partial charge in [0.2, 0.25) is 0 Å². The van der Waals surface area contributed by atoms with Gasteiger partial charge in [0.05, 0.1) is 24.2 Å².